The predicted octanol–water partition coefficient (Wildman–Crippen LogP) is 5.05. The van der Waals surface area contributed by atoms with Gasteiger partial charge in [-0.15, -0.1) is 0 Å². The van der Waals surface area contributed by atoms with E-state index in [-0.39, 0.29) is 5.96 Å². The molecule has 4 nitrogen and oxygen atoms in total. The van der Waals surface area contributed by atoms with Gasteiger partial charge in [-0.25, -0.2) is 0 Å². The highest BCUT2D eigenvalue weighted by atomic mass is 14.9. The Morgan fingerprint density at radius 3 is 1.00 bits per heavy atom. The Balaban J connectivity index is 0. The Hall–Kier alpha value is -0.770. The number of unbranched alkanes of at least 4 members (excludes halogenated alkanes) is 15. The zero-order valence-electron chi connectivity index (χ0n) is 15.8. The van der Waals surface area contributed by atoms with E-state index >= 15 is 0 Å². The first-order valence-electron chi connectivity index (χ1n) is 9.94. The molecule has 0 spiro atoms. The van der Waals surface area contributed by atoms with Crippen LogP contribution in [0.4, 0.5) is 0 Å². The van der Waals surface area contributed by atoms with Crippen molar-refractivity contribution in [3.63, 3.8) is 0 Å². The van der Waals surface area contributed by atoms with Gasteiger partial charge in [0.05, 0.1) is 0 Å². The summed E-state index contributed by atoms with van der Waals surface area (Å²) in [5.74, 6) is -0.333. The molecule has 0 aromatic rings. The highest BCUT2D eigenvalue weighted by Crippen LogP contribution is 2.13. The van der Waals surface area contributed by atoms with Crippen molar-refractivity contribution in [3.05, 3.63) is 0 Å². The van der Waals surface area contributed by atoms with Gasteiger partial charge < -0.3 is 17.2 Å². The number of hydrogen-bond donors (Lipinski definition) is 4. The molecule has 7 N–H and O–H groups in total. The molecule has 0 radical (unpaired) electrons. The molecule has 0 aliphatic heterocycles. The van der Waals surface area contributed by atoms with E-state index < -0.39 is 0 Å². The predicted molar refractivity (Wildman–Crippen MR) is 105 cm³/mol. The Bertz CT molecular complexity index is 199. The largest absolute Gasteiger partial charge is 0.370 e. The maximum absolute atomic E-state index is 6.06. The normalized spacial score (nSPS) is 10.2. The van der Waals surface area contributed by atoms with Crippen LogP contribution in [0.3, 0.4) is 0 Å². The zero-order chi connectivity index (χ0) is 17.6. The van der Waals surface area contributed by atoms with Crippen molar-refractivity contribution in [1.29, 1.82) is 5.41 Å². The minimum absolute atomic E-state index is 0.333. The number of nitrogens with two attached hydrogens (primary N) is 3. The van der Waals surface area contributed by atoms with Gasteiger partial charge in [0.15, 0.2) is 5.96 Å². The highest BCUT2D eigenvalue weighted by molar-refractivity contribution is 5.71. The van der Waals surface area contributed by atoms with Crippen molar-refractivity contribution in [3.8, 4) is 0 Å². The smallest absolute Gasteiger partial charge is 0.183 e. The average Bonchev–Trinajstić information content (AvgIpc) is 2.50. The van der Waals surface area contributed by atoms with E-state index in [1.807, 2.05) is 0 Å². The molecule has 4 heteroatoms. The molecule has 0 fully saturated rings. The topological polar surface area (TPSA) is 102 Å². The first-order valence-corrected chi connectivity index (χ1v) is 9.94. The summed E-state index contributed by atoms with van der Waals surface area (Å²) >= 11 is 0. The van der Waals surface area contributed by atoms with Crippen LogP contribution >= 0.6 is 0 Å². The molecule has 0 amide bonds. The van der Waals surface area contributed by atoms with Gasteiger partial charge in [-0.3, -0.25) is 5.41 Å². The second-order valence-corrected chi connectivity index (χ2v) is 6.55. The van der Waals surface area contributed by atoms with Gasteiger partial charge in [-0.2, -0.15) is 0 Å². The summed E-state index contributed by atoms with van der Waals surface area (Å²) < 4.78 is 0. The van der Waals surface area contributed by atoms with Crippen molar-refractivity contribution >= 4 is 5.96 Å². The molecule has 23 heavy (non-hydrogen) atoms. The molecular formula is C19H44N4. The average molecular weight is 329 g/mol. The van der Waals surface area contributed by atoms with E-state index in [1.54, 1.807) is 0 Å². The third-order valence-electron chi connectivity index (χ3n) is 4.06. The van der Waals surface area contributed by atoms with Gasteiger partial charge in [-0.05, 0) is 13.0 Å². The minimum Gasteiger partial charge on any atom is -0.370 e. The third kappa shape index (κ3) is 33.8. The van der Waals surface area contributed by atoms with Crippen LogP contribution in [0.2, 0.25) is 0 Å². The quantitative estimate of drug-likeness (QED) is 0.181. The molecule has 0 rings (SSSR count). The summed E-state index contributed by atoms with van der Waals surface area (Å²) in [6.07, 6.45) is 22.9. The van der Waals surface area contributed by atoms with E-state index in [4.69, 9.17) is 11.1 Å². The van der Waals surface area contributed by atoms with Crippen LogP contribution in [0, 0.1) is 5.41 Å². The number of guanidine groups is 1. The molecule has 0 saturated carbocycles. The van der Waals surface area contributed by atoms with E-state index in [0.717, 1.165) is 6.54 Å². The first kappa shape index (κ1) is 24.5. The fourth-order valence-electron chi connectivity index (χ4n) is 2.69. The van der Waals surface area contributed by atoms with Gasteiger partial charge >= 0.3 is 0 Å². The molecule has 140 valence electrons. The molecule has 0 aliphatic rings. The van der Waals surface area contributed by atoms with Gasteiger partial charge in [0.25, 0.3) is 0 Å². The van der Waals surface area contributed by atoms with Crippen molar-refractivity contribution in [2.45, 2.75) is 110 Å². The molecule has 0 bridgehead atoms. The fourth-order valence-corrected chi connectivity index (χ4v) is 2.69. The highest BCUT2D eigenvalue weighted by Gasteiger charge is 1.94. The van der Waals surface area contributed by atoms with Gasteiger partial charge in [0.1, 0.15) is 0 Å². The second kappa shape index (κ2) is 23.5. The Labute approximate surface area is 145 Å². The molecule has 0 heterocycles. The summed E-state index contributed by atoms with van der Waals surface area (Å²) in [5, 5.41) is 6.06. The number of hydrogen-bond acceptors (Lipinski definition) is 2. The molecule has 0 aliphatic carbocycles. The van der Waals surface area contributed by atoms with Gasteiger partial charge in [0.2, 0.25) is 0 Å². The van der Waals surface area contributed by atoms with Crippen LogP contribution in [0.1, 0.15) is 110 Å². The van der Waals surface area contributed by atoms with Gasteiger partial charge in [-0.1, -0.05) is 103 Å². The molecule has 0 unspecified atom stereocenters. The fraction of sp³-hybridized carbons (Fsp3) is 0.947. The number of rotatable bonds is 16. The number of nitrogens with one attached hydrogen (secondary N) is 1. The maximum atomic E-state index is 6.06. The molecule has 0 atom stereocenters. The van der Waals surface area contributed by atoms with Crippen LogP contribution in [-0.4, -0.2) is 12.5 Å². The molecular weight excluding hydrogens is 284 g/mol. The summed E-state index contributed by atoms with van der Waals surface area (Å²) in [6.45, 7) is 3.16. The van der Waals surface area contributed by atoms with Crippen LogP contribution in [-0.2, 0) is 0 Å². The second-order valence-electron chi connectivity index (χ2n) is 6.55. The standard InChI is InChI=1S/C18H39N.CH5N3/c1-2-3-4-5-6-7-8-9-10-11-12-13-14-15-16-17-18-19;2-1(3)4/h2-19H2,1H3;(H5,2,3,4). The van der Waals surface area contributed by atoms with Crippen molar-refractivity contribution < 1.29 is 0 Å². The summed E-state index contributed by atoms with van der Waals surface area (Å²) in [5.41, 5.74) is 14.4. The lowest BCUT2D eigenvalue weighted by Gasteiger charge is -2.03. The van der Waals surface area contributed by atoms with Crippen molar-refractivity contribution in [2.75, 3.05) is 6.54 Å². The summed E-state index contributed by atoms with van der Waals surface area (Å²) in [7, 11) is 0. The van der Waals surface area contributed by atoms with E-state index in [2.05, 4.69) is 18.4 Å². The van der Waals surface area contributed by atoms with Crippen LogP contribution in [0.25, 0.3) is 0 Å². The molecule has 0 aromatic heterocycles. The van der Waals surface area contributed by atoms with Crippen molar-refractivity contribution in [2.24, 2.45) is 17.2 Å². The lowest BCUT2D eigenvalue weighted by Crippen LogP contribution is -2.20. The maximum Gasteiger partial charge on any atom is 0.183 e. The van der Waals surface area contributed by atoms with Gasteiger partial charge in [0, 0.05) is 0 Å². The third-order valence-corrected chi connectivity index (χ3v) is 4.06. The Morgan fingerprint density at radius 2 is 0.783 bits per heavy atom. The first-order chi connectivity index (χ1) is 11.1. The summed E-state index contributed by atoms with van der Waals surface area (Å²) in [4.78, 5) is 0. The van der Waals surface area contributed by atoms with Crippen LogP contribution in [0.5, 0.6) is 0 Å². The Kier molecular flexibility index (Phi) is 25.0. The Morgan fingerprint density at radius 1 is 0.565 bits per heavy atom. The summed E-state index contributed by atoms with van der Waals surface area (Å²) in [6, 6.07) is 0. The monoisotopic (exact) mass is 328 g/mol. The molecule has 0 aromatic carbocycles. The SMILES string of the molecule is CCCCCCCCCCCCCCCCCCN.N=C(N)N. The van der Waals surface area contributed by atoms with Crippen LogP contribution < -0.4 is 17.2 Å². The van der Waals surface area contributed by atoms with E-state index in [0.29, 0.717) is 0 Å². The van der Waals surface area contributed by atoms with E-state index in [9.17, 15) is 0 Å². The molecule has 0 saturated heterocycles. The van der Waals surface area contributed by atoms with Crippen molar-refractivity contribution in [1.82, 2.24) is 0 Å². The lowest BCUT2D eigenvalue weighted by molar-refractivity contribution is 0.530. The van der Waals surface area contributed by atoms with E-state index in [1.165, 1.54) is 103 Å². The van der Waals surface area contributed by atoms with Crippen LogP contribution in [0.15, 0.2) is 0 Å². The lowest BCUT2D eigenvalue weighted by atomic mass is 10.0. The zero-order valence-corrected chi connectivity index (χ0v) is 15.8. The minimum atomic E-state index is -0.333.